The van der Waals surface area contributed by atoms with Crippen LogP contribution in [0.2, 0.25) is 5.02 Å². The van der Waals surface area contributed by atoms with E-state index in [4.69, 9.17) is 16.3 Å². The van der Waals surface area contributed by atoms with Gasteiger partial charge in [0.2, 0.25) is 0 Å². The SMILES string of the molecule is COC(=O)COc1ccc(/C=C(\C#N)C(=O)Nc2cccc(Cl)c2)cc1Br. The van der Waals surface area contributed by atoms with Crippen molar-refractivity contribution in [3.05, 3.63) is 63.1 Å². The molecule has 0 bridgehead atoms. The number of carbonyl (C=O) groups is 2. The second-order valence-corrected chi connectivity index (χ2v) is 6.48. The number of nitrogens with zero attached hydrogens (tertiary/aromatic N) is 1. The van der Waals surface area contributed by atoms with Crippen molar-refractivity contribution >= 4 is 51.2 Å². The van der Waals surface area contributed by atoms with Gasteiger partial charge in [0.25, 0.3) is 5.91 Å². The number of rotatable bonds is 6. The van der Waals surface area contributed by atoms with Gasteiger partial charge in [-0.2, -0.15) is 5.26 Å². The first kappa shape index (κ1) is 20.5. The van der Waals surface area contributed by atoms with E-state index in [1.54, 1.807) is 42.5 Å². The molecule has 0 aromatic heterocycles. The Morgan fingerprint density at radius 2 is 2.07 bits per heavy atom. The number of nitriles is 1. The van der Waals surface area contributed by atoms with E-state index in [9.17, 15) is 14.9 Å². The largest absolute Gasteiger partial charge is 0.481 e. The van der Waals surface area contributed by atoms with Crippen molar-refractivity contribution in [1.29, 1.82) is 5.26 Å². The second kappa shape index (κ2) is 9.76. The molecule has 1 N–H and O–H groups in total. The van der Waals surface area contributed by atoms with Crippen molar-refractivity contribution in [2.45, 2.75) is 0 Å². The lowest BCUT2D eigenvalue weighted by Gasteiger charge is -2.08. The maximum absolute atomic E-state index is 12.3. The van der Waals surface area contributed by atoms with Gasteiger partial charge < -0.3 is 14.8 Å². The molecule has 0 fully saturated rings. The number of hydrogen-bond donors (Lipinski definition) is 1. The van der Waals surface area contributed by atoms with Crippen molar-refractivity contribution in [3.8, 4) is 11.8 Å². The molecular formula is C19H14BrClN2O4. The number of methoxy groups -OCH3 is 1. The Morgan fingerprint density at radius 1 is 1.30 bits per heavy atom. The van der Waals surface area contributed by atoms with Crippen LogP contribution in [0.25, 0.3) is 6.08 Å². The summed E-state index contributed by atoms with van der Waals surface area (Å²) in [6.07, 6.45) is 1.44. The number of carbonyl (C=O) groups excluding carboxylic acids is 2. The Hall–Kier alpha value is -2.82. The van der Waals surface area contributed by atoms with Crippen LogP contribution >= 0.6 is 27.5 Å². The number of amides is 1. The summed E-state index contributed by atoms with van der Waals surface area (Å²) in [5, 5.41) is 12.4. The summed E-state index contributed by atoms with van der Waals surface area (Å²) in [5.74, 6) is -0.628. The van der Waals surface area contributed by atoms with E-state index in [1.807, 2.05) is 6.07 Å². The van der Waals surface area contributed by atoms with E-state index in [0.717, 1.165) is 0 Å². The Balaban J connectivity index is 2.14. The van der Waals surface area contributed by atoms with Crippen LogP contribution < -0.4 is 10.1 Å². The molecule has 27 heavy (non-hydrogen) atoms. The van der Waals surface area contributed by atoms with Gasteiger partial charge in [-0.15, -0.1) is 0 Å². The van der Waals surface area contributed by atoms with Gasteiger partial charge in [-0.3, -0.25) is 4.79 Å². The predicted octanol–water partition coefficient (Wildman–Crippen LogP) is 4.20. The quantitative estimate of drug-likeness (QED) is 0.406. The molecule has 0 saturated carbocycles. The highest BCUT2D eigenvalue weighted by atomic mass is 79.9. The fourth-order valence-corrected chi connectivity index (χ4v) is 2.70. The van der Waals surface area contributed by atoms with E-state index >= 15 is 0 Å². The van der Waals surface area contributed by atoms with Gasteiger partial charge in [-0.25, -0.2) is 4.79 Å². The van der Waals surface area contributed by atoms with E-state index < -0.39 is 11.9 Å². The van der Waals surface area contributed by atoms with Crippen LogP contribution in [0.4, 0.5) is 5.69 Å². The topological polar surface area (TPSA) is 88.4 Å². The predicted molar refractivity (Wildman–Crippen MR) is 105 cm³/mol. The number of nitrogens with one attached hydrogen (secondary N) is 1. The van der Waals surface area contributed by atoms with E-state index in [-0.39, 0.29) is 12.2 Å². The zero-order valence-electron chi connectivity index (χ0n) is 14.2. The minimum Gasteiger partial charge on any atom is -0.481 e. The summed E-state index contributed by atoms with van der Waals surface area (Å²) in [7, 11) is 1.27. The zero-order chi connectivity index (χ0) is 19.8. The molecule has 0 spiro atoms. The van der Waals surface area contributed by atoms with Crippen molar-refractivity contribution in [2.24, 2.45) is 0 Å². The third kappa shape index (κ3) is 6.13. The maximum atomic E-state index is 12.3. The van der Waals surface area contributed by atoms with Gasteiger partial charge in [0, 0.05) is 10.7 Å². The Labute approximate surface area is 169 Å². The number of anilines is 1. The van der Waals surface area contributed by atoms with E-state index in [2.05, 4.69) is 26.0 Å². The standard InChI is InChI=1S/C19H14BrClN2O4/c1-26-18(24)11-27-17-6-5-12(8-16(17)20)7-13(10-22)19(25)23-15-4-2-3-14(21)9-15/h2-9H,11H2,1H3,(H,23,25)/b13-7+. The summed E-state index contributed by atoms with van der Waals surface area (Å²) in [6.45, 7) is -0.226. The Kier molecular flexibility index (Phi) is 7.41. The van der Waals surface area contributed by atoms with Gasteiger partial charge >= 0.3 is 5.97 Å². The molecule has 2 rings (SSSR count). The van der Waals surface area contributed by atoms with Crippen LogP contribution in [0.15, 0.2) is 52.5 Å². The smallest absolute Gasteiger partial charge is 0.343 e. The van der Waals surface area contributed by atoms with Gasteiger partial charge in [-0.1, -0.05) is 23.7 Å². The van der Waals surface area contributed by atoms with Crippen LogP contribution in [0.5, 0.6) is 5.75 Å². The summed E-state index contributed by atoms with van der Waals surface area (Å²) in [6, 6.07) is 13.4. The van der Waals surface area contributed by atoms with Gasteiger partial charge in [0.05, 0.1) is 11.6 Å². The highest BCUT2D eigenvalue weighted by Crippen LogP contribution is 2.27. The van der Waals surface area contributed by atoms with Crippen LogP contribution in [0.1, 0.15) is 5.56 Å². The molecule has 0 unspecified atom stereocenters. The number of ether oxygens (including phenoxy) is 2. The molecule has 0 aliphatic rings. The Bertz CT molecular complexity index is 938. The van der Waals surface area contributed by atoms with Gasteiger partial charge in [0.1, 0.15) is 17.4 Å². The fourth-order valence-electron chi connectivity index (χ4n) is 2.00. The minimum absolute atomic E-state index is 0.0786. The summed E-state index contributed by atoms with van der Waals surface area (Å²) in [4.78, 5) is 23.4. The first-order valence-electron chi connectivity index (χ1n) is 7.61. The Morgan fingerprint density at radius 3 is 2.70 bits per heavy atom. The van der Waals surface area contributed by atoms with Crippen LogP contribution in [0.3, 0.4) is 0 Å². The van der Waals surface area contributed by atoms with Gasteiger partial charge in [0.15, 0.2) is 6.61 Å². The molecular weight excluding hydrogens is 436 g/mol. The molecule has 1 amide bonds. The number of halogens is 2. The normalized spacial score (nSPS) is 10.7. The fraction of sp³-hybridized carbons (Fsp3) is 0.105. The highest BCUT2D eigenvalue weighted by Gasteiger charge is 2.11. The lowest BCUT2D eigenvalue weighted by atomic mass is 10.1. The molecule has 0 atom stereocenters. The van der Waals surface area contributed by atoms with Crippen LogP contribution in [-0.4, -0.2) is 25.6 Å². The molecule has 0 radical (unpaired) electrons. The average molecular weight is 450 g/mol. The summed E-state index contributed by atoms with van der Waals surface area (Å²) < 4.78 is 10.4. The molecule has 6 nitrogen and oxygen atoms in total. The summed E-state index contributed by atoms with van der Waals surface area (Å²) >= 11 is 9.21. The van der Waals surface area contributed by atoms with E-state index in [1.165, 1.54) is 13.2 Å². The lowest BCUT2D eigenvalue weighted by molar-refractivity contribution is -0.142. The van der Waals surface area contributed by atoms with Crippen molar-refractivity contribution < 1.29 is 19.1 Å². The zero-order valence-corrected chi connectivity index (χ0v) is 16.5. The van der Waals surface area contributed by atoms with E-state index in [0.29, 0.717) is 26.5 Å². The molecule has 0 saturated heterocycles. The summed E-state index contributed by atoms with van der Waals surface area (Å²) in [5.41, 5.74) is 1.01. The first-order chi connectivity index (χ1) is 12.9. The number of benzene rings is 2. The first-order valence-corrected chi connectivity index (χ1v) is 8.78. The monoisotopic (exact) mass is 448 g/mol. The molecule has 0 heterocycles. The van der Waals surface area contributed by atoms with Crippen LogP contribution in [-0.2, 0) is 14.3 Å². The van der Waals surface area contributed by atoms with Gasteiger partial charge in [-0.05, 0) is 57.9 Å². The van der Waals surface area contributed by atoms with Crippen LogP contribution in [0, 0.1) is 11.3 Å². The van der Waals surface area contributed by atoms with Crippen molar-refractivity contribution in [1.82, 2.24) is 0 Å². The molecule has 138 valence electrons. The van der Waals surface area contributed by atoms with Crippen molar-refractivity contribution in [2.75, 3.05) is 19.0 Å². The molecule has 2 aromatic carbocycles. The molecule has 0 aliphatic carbocycles. The lowest BCUT2D eigenvalue weighted by Crippen LogP contribution is -2.13. The third-order valence-electron chi connectivity index (χ3n) is 3.29. The number of esters is 1. The minimum atomic E-state index is -0.554. The molecule has 8 heteroatoms. The van der Waals surface area contributed by atoms with Crippen molar-refractivity contribution in [3.63, 3.8) is 0 Å². The second-order valence-electron chi connectivity index (χ2n) is 5.19. The average Bonchev–Trinajstić information content (AvgIpc) is 2.65. The maximum Gasteiger partial charge on any atom is 0.343 e. The molecule has 0 aliphatic heterocycles. The highest BCUT2D eigenvalue weighted by molar-refractivity contribution is 9.10. The molecule has 2 aromatic rings. The third-order valence-corrected chi connectivity index (χ3v) is 4.14. The number of hydrogen-bond acceptors (Lipinski definition) is 5.